The number of fused-ring (bicyclic) bond motifs is 1. The maximum atomic E-state index is 4.58. The fourth-order valence-electron chi connectivity index (χ4n) is 2.04. The number of nitrogens with one attached hydrogen (secondary N) is 1. The van der Waals surface area contributed by atoms with Gasteiger partial charge in [0.1, 0.15) is 5.69 Å². The molecule has 3 rings (SSSR count). The first-order chi connectivity index (χ1) is 8.22. The summed E-state index contributed by atoms with van der Waals surface area (Å²) < 4.78 is 2.86. The zero-order valence-electron chi connectivity index (χ0n) is 9.52. The van der Waals surface area contributed by atoms with E-state index in [0.717, 1.165) is 35.6 Å². The first-order valence-electron chi connectivity index (χ1n) is 5.54. The van der Waals surface area contributed by atoms with Gasteiger partial charge in [-0.15, -0.1) is 5.10 Å². The molecule has 0 aromatic carbocycles. The molecule has 7 heteroatoms. The van der Waals surface area contributed by atoms with Gasteiger partial charge in [0.05, 0.1) is 17.9 Å². The zero-order valence-corrected chi connectivity index (χ0v) is 11.1. The fraction of sp³-hybridized carbons (Fsp3) is 0.500. The van der Waals surface area contributed by atoms with Gasteiger partial charge in [0.15, 0.2) is 4.60 Å². The van der Waals surface area contributed by atoms with Crippen LogP contribution in [0.15, 0.2) is 10.7 Å². The Balaban J connectivity index is 1.85. The van der Waals surface area contributed by atoms with Gasteiger partial charge < -0.3 is 5.32 Å². The van der Waals surface area contributed by atoms with Crippen molar-refractivity contribution in [2.45, 2.75) is 19.5 Å². The van der Waals surface area contributed by atoms with Crippen molar-refractivity contribution in [1.82, 2.24) is 30.1 Å². The summed E-state index contributed by atoms with van der Waals surface area (Å²) in [6, 6.07) is 2.13. The van der Waals surface area contributed by atoms with E-state index in [1.54, 1.807) is 4.80 Å². The number of hydrogen-bond acceptors (Lipinski definition) is 4. The lowest BCUT2D eigenvalue weighted by Gasteiger charge is -2.13. The fourth-order valence-corrected chi connectivity index (χ4v) is 2.49. The molecular weight excluding hydrogens is 284 g/mol. The summed E-state index contributed by atoms with van der Waals surface area (Å²) in [5.41, 5.74) is 3.21. The van der Waals surface area contributed by atoms with Gasteiger partial charge in [-0.2, -0.15) is 15.0 Å². The van der Waals surface area contributed by atoms with Crippen molar-refractivity contribution >= 4 is 15.9 Å². The Morgan fingerprint density at radius 1 is 1.41 bits per heavy atom. The molecule has 0 unspecified atom stereocenters. The maximum Gasteiger partial charge on any atom is 0.151 e. The van der Waals surface area contributed by atoms with Gasteiger partial charge in [0.2, 0.25) is 0 Å². The topological polar surface area (TPSA) is 60.6 Å². The van der Waals surface area contributed by atoms with Gasteiger partial charge in [-0.1, -0.05) is 0 Å². The predicted octanol–water partition coefficient (Wildman–Crippen LogP) is 0.468. The summed E-state index contributed by atoms with van der Waals surface area (Å²) in [5.74, 6) is 0. The second kappa shape index (κ2) is 4.23. The summed E-state index contributed by atoms with van der Waals surface area (Å²) in [6.07, 6.45) is 0.717. The lowest BCUT2D eigenvalue weighted by atomic mass is 10.2. The van der Waals surface area contributed by atoms with Crippen LogP contribution in [0.5, 0.6) is 0 Å². The van der Waals surface area contributed by atoms with Crippen LogP contribution in [0.1, 0.15) is 17.1 Å². The number of hydrogen-bond donors (Lipinski definition) is 1. The van der Waals surface area contributed by atoms with E-state index in [1.807, 2.05) is 7.05 Å². The quantitative estimate of drug-likeness (QED) is 0.875. The van der Waals surface area contributed by atoms with Gasteiger partial charge in [-0.05, 0) is 22.0 Å². The van der Waals surface area contributed by atoms with Gasteiger partial charge in [0, 0.05) is 26.6 Å². The van der Waals surface area contributed by atoms with Crippen LogP contribution < -0.4 is 5.32 Å². The van der Waals surface area contributed by atoms with Crippen molar-refractivity contribution in [2.75, 3.05) is 6.54 Å². The maximum absolute atomic E-state index is 4.58. The number of nitrogens with zero attached hydrogens (tertiary/aromatic N) is 5. The molecular formula is C10H13BrN6. The summed E-state index contributed by atoms with van der Waals surface area (Å²) in [6.45, 7) is 2.83. The third kappa shape index (κ3) is 2.12. The first kappa shape index (κ1) is 10.9. The Morgan fingerprint density at radius 2 is 2.29 bits per heavy atom. The van der Waals surface area contributed by atoms with E-state index in [-0.39, 0.29) is 0 Å². The molecule has 2 aromatic heterocycles. The highest BCUT2D eigenvalue weighted by Crippen LogP contribution is 2.16. The summed E-state index contributed by atoms with van der Waals surface area (Å²) in [5, 5.41) is 16.4. The molecule has 0 radical (unpaired) electrons. The van der Waals surface area contributed by atoms with Crippen LogP contribution >= 0.6 is 15.9 Å². The van der Waals surface area contributed by atoms with Crippen LogP contribution in [0.2, 0.25) is 0 Å². The van der Waals surface area contributed by atoms with Crippen molar-refractivity contribution < 1.29 is 0 Å². The molecule has 0 saturated heterocycles. The van der Waals surface area contributed by atoms with E-state index in [0.29, 0.717) is 6.42 Å². The van der Waals surface area contributed by atoms with Crippen molar-refractivity contribution in [3.8, 4) is 0 Å². The Hall–Kier alpha value is -1.21. The molecule has 0 atom stereocenters. The molecule has 0 saturated carbocycles. The first-order valence-corrected chi connectivity index (χ1v) is 6.33. The number of aryl methyl sites for hydroxylation is 1. The van der Waals surface area contributed by atoms with Crippen LogP contribution in [-0.2, 0) is 26.6 Å². The molecule has 0 spiro atoms. The van der Waals surface area contributed by atoms with Gasteiger partial charge in [-0.3, -0.25) is 4.68 Å². The average Bonchev–Trinajstić information content (AvgIpc) is 2.82. The second-order valence-corrected chi connectivity index (χ2v) is 4.88. The van der Waals surface area contributed by atoms with Crippen LogP contribution in [-0.4, -0.2) is 31.3 Å². The standard InChI is InChI=1S/C10H13BrN6/c1-16-14-9(10(11)15-16)5-7-4-8-6-12-2-3-17(8)13-7/h4,12H,2-3,5-6H2,1H3. The lowest BCUT2D eigenvalue weighted by Crippen LogP contribution is -2.28. The Morgan fingerprint density at radius 3 is 3.00 bits per heavy atom. The molecule has 17 heavy (non-hydrogen) atoms. The zero-order chi connectivity index (χ0) is 11.8. The summed E-state index contributed by atoms with van der Waals surface area (Å²) in [7, 11) is 1.82. The van der Waals surface area contributed by atoms with Crippen LogP contribution in [0.25, 0.3) is 0 Å². The molecule has 0 aliphatic carbocycles. The molecule has 1 aliphatic heterocycles. The van der Waals surface area contributed by atoms with Crippen LogP contribution in [0.3, 0.4) is 0 Å². The highest BCUT2D eigenvalue weighted by molar-refractivity contribution is 9.10. The molecule has 0 bridgehead atoms. The number of aromatic nitrogens is 5. The SMILES string of the molecule is Cn1nc(Br)c(Cc2cc3n(n2)CCNC3)n1. The third-order valence-corrected chi connectivity index (χ3v) is 3.42. The Bertz CT molecular complexity index is 519. The highest BCUT2D eigenvalue weighted by Gasteiger charge is 2.14. The Labute approximate surface area is 107 Å². The van der Waals surface area contributed by atoms with E-state index in [4.69, 9.17) is 0 Å². The minimum Gasteiger partial charge on any atom is -0.309 e. The van der Waals surface area contributed by atoms with Crippen molar-refractivity contribution in [2.24, 2.45) is 7.05 Å². The van der Waals surface area contributed by atoms with Crippen molar-refractivity contribution in [1.29, 1.82) is 0 Å². The Kier molecular flexibility index (Phi) is 2.71. The van der Waals surface area contributed by atoms with Gasteiger partial charge >= 0.3 is 0 Å². The number of halogens is 1. The normalized spacial score (nSPS) is 14.9. The van der Waals surface area contributed by atoms with Crippen LogP contribution in [0, 0.1) is 0 Å². The average molecular weight is 297 g/mol. The molecule has 6 nitrogen and oxygen atoms in total. The largest absolute Gasteiger partial charge is 0.309 e. The smallest absolute Gasteiger partial charge is 0.151 e. The third-order valence-electron chi connectivity index (χ3n) is 2.81. The highest BCUT2D eigenvalue weighted by atomic mass is 79.9. The summed E-state index contributed by atoms with van der Waals surface area (Å²) in [4.78, 5) is 1.57. The van der Waals surface area contributed by atoms with Gasteiger partial charge in [-0.25, -0.2) is 0 Å². The molecule has 1 aliphatic rings. The van der Waals surface area contributed by atoms with Crippen molar-refractivity contribution in [3.63, 3.8) is 0 Å². The molecule has 0 amide bonds. The van der Waals surface area contributed by atoms with E-state index in [2.05, 4.69) is 47.3 Å². The van der Waals surface area contributed by atoms with E-state index >= 15 is 0 Å². The molecule has 90 valence electrons. The minimum absolute atomic E-state index is 0.717. The summed E-state index contributed by atoms with van der Waals surface area (Å²) >= 11 is 3.41. The lowest BCUT2D eigenvalue weighted by molar-refractivity contribution is 0.473. The van der Waals surface area contributed by atoms with E-state index in [9.17, 15) is 0 Å². The molecule has 1 N–H and O–H groups in total. The monoisotopic (exact) mass is 296 g/mol. The minimum atomic E-state index is 0.717. The molecule has 0 fully saturated rings. The predicted molar refractivity (Wildman–Crippen MR) is 65.4 cm³/mol. The second-order valence-electron chi connectivity index (χ2n) is 4.13. The van der Waals surface area contributed by atoms with Crippen LogP contribution in [0.4, 0.5) is 0 Å². The molecule has 2 aromatic rings. The van der Waals surface area contributed by atoms with Gasteiger partial charge in [0.25, 0.3) is 0 Å². The van der Waals surface area contributed by atoms with E-state index < -0.39 is 0 Å². The van der Waals surface area contributed by atoms with Crippen molar-refractivity contribution in [3.05, 3.63) is 27.8 Å². The number of rotatable bonds is 2. The molecule has 3 heterocycles. The van der Waals surface area contributed by atoms with E-state index in [1.165, 1.54) is 5.69 Å².